The second-order valence-corrected chi connectivity index (χ2v) is 7.33. The van der Waals surface area contributed by atoms with Gasteiger partial charge in [-0.2, -0.15) is 0 Å². The minimum atomic E-state index is -0.684. The topological polar surface area (TPSA) is 124 Å². The van der Waals surface area contributed by atoms with Gasteiger partial charge in [-0.15, -0.1) is 0 Å². The molecule has 0 aliphatic carbocycles. The first kappa shape index (κ1) is 20.1. The van der Waals surface area contributed by atoms with E-state index < -0.39 is 23.4 Å². The fourth-order valence-corrected chi connectivity index (χ4v) is 3.52. The predicted octanol–water partition coefficient (Wildman–Crippen LogP) is 4.06. The van der Waals surface area contributed by atoms with Crippen molar-refractivity contribution in [2.24, 2.45) is 0 Å². The zero-order valence-electron chi connectivity index (χ0n) is 15.8. The van der Waals surface area contributed by atoms with Gasteiger partial charge in [0, 0.05) is 10.9 Å². The Labute approximate surface area is 179 Å². The molecule has 0 saturated carbocycles. The number of thiazole rings is 1. The first-order valence-electron chi connectivity index (χ1n) is 9.03. The number of para-hydroxylation sites is 1. The van der Waals surface area contributed by atoms with Gasteiger partial charge in [-0.05, 0) is 23.5 Å². The summed E-state index contributed by atoms with van der Waals surface area (Å²) >= 11 is 0.711. The van der Waals surface area contributed by atoms with Crippen molar-refractivity contribution in [3.63, 3.8) is 0 Å². The van der Waals surface area contributed by atoms with E-state index in [4.69, 9.17) is 4.74 Å². The van der Waals surface area contributed by atoms with Gasteiger partial charge >= 0.3 is 11.0 Å². The molecule has 2 heterocycles. The number of pyridine rings is 1. The Bertz CT molecular complexity index is 1290. The monoisotopic (exact) mass is 434 g/mol. The first-order valence-corrected chi connectivity index (χ1v) is 9.85. The fourth-order valence-electron chi connectivity index (χ4n) is 2.87. The number of carbonyl (C=O) groups excluding carboxylic acids is 2. The molecule has 1 N–H and O–H groups in total. The van der Waals surface area contributed by atoms with E-state index in [9.17, 15) is 19.7 Å². The van der Waals surface area contributed by atoms with Crippen LogP contribution in [0.4, 0.5) is 10.1 Å². The van der Waals surface area contributed by atoms with Gasteiger partial charge in [0.2, 0.25) is 0 Å². The highest BCUT2D eigenvalue weighted by Gasteiger charge is 2.18. The maximum absolute atomic E-state index is 12.8. The average molecular weight is 434 g/mol. The second-order valence-electron chi connectivity index (χ2n) is 6.32. The Hall–Kier alpha value is -4.18. The molecule has 0 radical (unpaired) electrons. The zero-order valence-corrected chi connectivity index (χ0v) is 16.7. The third kappa shape index (κ3) is 4.54. The second kappa shape index (κ2) is 8.67. The van der Waals surface area contributed by atoms with Gasteiger partial charge in [0.15, 0.2) is 11.7 Å². The van der Waals surface area contributed by atoms with Crippen LogP contribution in [0.3, 0.4) is 0 Å². The van der Waals surface area contributed by atoms with Gasteiger partial charge < -0.3 is 4.74 Å². The number of amides is 1. The van der Waals surface area contributed by atoms with Crippen molar-refractivity contribution in [1.82, 2.24) is 9.97 Å². The number of esters is 1. The van der Waals surface area contributed by atoms with E-state index in [1.807, 2.05) is 36.4 Å². The molecule has 0 fully saturated rings. The number of aromatic nitrogens is 2. The molecule has 0 saturated heterocycles. The molecule has 10 heteroatoms. The summed E-state index contributed by atoms with van der Waals surface area (Å²) in [7, 11) is 0. The van der Waals surface area contributed by atoms with Crippen LogP contribution in [0.25, 0.3) is 22.2 Å². The number of carbonyl (C=O) groups is 2. The maximum Gasteiger partial charge on any atom is 0.345 e. The predicted molar refractivity (Wildman–Crippen MR) is 115 cm³/mol. The number of hydrogen-bond acceptors (Lipinski definition) is 8. The number of benzene rings is 2. The summed E-state index contributed by atoms with van der Waals surface area (Å²) in [4.78, 5) is 43.3. The lowest BCUT2D eigenvalue weighted by molar-refractivity contribution is -0.380. The summed E-state index contributed by atoms with van der Waals surface area (Å²) < 4.78 is 5.18. The Morgan fingerprint density at radius 2 is 1.84 bits per heavy atom. The fraction of sp³-hybridized carbons (Fsp3) is 0.0476. The number of anilines is 1. The smallest absolute Gasteiger partial charge is 0.345 e. The van der Waals surface area contributed by atoms with Gasteiger partial charge in [0.25, 0.3) is 5.91 Å². The molecule has 4 rings (SSSR count). The maximum atomic E-state index is 12.8. The third-order valence-corrected chi connectivity index (χ3v) is 5.12. The Morgan fingerprint density at radius 1 is 1.10 bits per heavy atom. The molecule has 0 spiro atoms. The number of nitrogens with one attached hydrogen (secondary N) is 1. The molecule has 1 amide bonds. The molecular formula is C21H14N4O5S. The largest absolute Gasteiger partial charge is 0.452 e. The molecule has 31 heavy (non-hydrogen) atoms. The lowest BCUT2D eigenvalue weighted by atomic mass is 10.0. The van der Waals surface area contributed by atoms with E-state index >= 15 is 0 Å². The van der Waals surface area contributed by atoms with E-state index in [0.717, 1.165) is 11.8 Å². The summed E-state index contributed by atoms with van der Waals surface area (Å²) in [6.45, 7) is -0.566. The highest BCUT2D eigenvalue weighted by Crippen LogP contribution is 2.26. The number of nitro groups is 1. The number of fused-ring (bicyclic) bond motifs is 1. The Morgan fingerprint density at radius 3 is 2.58 bits per heavy atom. The van der Waals surface area contributed by atoms with Gasteiger partial charge in [0.05, 0.1) is 21.7 Å². The van der Waals surface area contributed by atoms with Gasteiger partial charge in [-0.3, -0.25) is 20.2 Å². The van der Waals surface area contributed by atoms with Gasteiger partial charge in [0.1, 0.15) is 6.20 Å². The summed E-state index contributed by atoms with van der Waals surface area (Å²) in [5.74, 6) is -1.34. The van der Waals surface area contributed by atoms with Crippen LogP contribution < -0.4 is 5.32 Å². The summed E-state index contributed by atoms with van der Waals surface area (Å²) in [6, 6.07) is 18.2. The van der Waals surface area contributed by atoms with Crippen molar-refractivity contribution < 1.29 is 19.2 Å². The molecule has 9 nitrogen and oxygen atoms in total. The van der Waals surface area contributed by atoms with Crippen LogP contribution in [0.1, 0.15) is 10.4 Å². The molecule has 0 unspecified atom stereocenters. The molecule has 2 aromatic heterocycles. The lowest BCUT2D eigenvalue weighted by Gasteiger charge is -2.10. The number of nitrogens with zero attached hydrogens (tertiary/aromatic N) is 3. The van der Waals surface area contributed by atoms with Crippen molar-refractivity contribution in [2.75, 3.05) is 11.9 Å². The zero-order chi connectivity index (χ0) is 21.8. The van der Waals surface area contributed by atoms with Crippen molar-refractivity contribution in [3.05, 3.63) is 82.5 Å². The van der Waals surface area contributed by atoms with Crippen LogP contribution in [-0.2, 0) is 9.53 Å². The van der Waals surface area contributed by atoms with Crippen LogP contribution in [0.2, 0.25) is 0 Å². The number of hydrogen-bond donors (Lipinski definition) is 1. The standard InChI is InChI=1S/C21H14N4O5S/c26-18(24-21-22-11-19(31-21)25(28)29)12-30-20(27)15-10-17(13-6-2-1-3-7-13)23-16-9-5-4-8-14(15)16/h1-11H,12H2,(H,22,24,26). The van der Waals surface area contributed by atoms with Crippen LogP contribution in [-0.4, -0.2) is 33.4 Å². The average Bonchev–Trinajstić information content (AvgIpc) is 3.26. The molecule has 4 aromatic rings. The number of ether oxygens (including phenoxy) is 1. The van der Waals surface area contributed by atoms with E-state index in [0.29, 0.717) is 27.9 Å². The van der Waals surface area contributed by atoms with E-state index in [1.165, 1.54) is 0 Å². The van der Waals surface area contributed by atoms with E-state index in [2.05, 4.69) is 15.3 Å². The van der Waals surface area contributed by atoms with Crippen LogP contribution in [0, 0.1) is 10.1 Å². The quantitative estimate of drug-likeness (QED) is 0.276. The van der Waals surface area contributed by atoms with Crippen LogP contribution >= 0.6 is 11.3 Å². The minimum absolute atomic E-state index is 0.0495. The minimum Gasteiger partial charge on any atom is -0.452 e. The van der Waals surface area contributed by atoms with E-state index in [-0.39, 0.29) is 15.7 Å². The Balaban J connectivity index is 1.53. The number of rotatable bonds is 6. The normalized spacial score (nSPS) is 10.6. The van der Waals surface area contributed by atoms with Crippen molar-refractivity contribution >= 4 is 44.2 Å². The van der Waals surface area contributed by atoms with Gasteiger partial charge in [-0.25, -0.2) is 14.8 Å². The van der Waals surface area contributed by atoms with Crippen LogP contribution in [0.5, 0.6) is 0 Å². The lowest BCUT2D eigenvalue weighted by Crippen LogP contribution is -2.21. The summed E-state index contributed by atoms with van der Waals surface area (Å²) in [5, 5.41) is 13.5. The highest BCUT2D eigenvalue weighted by atomic mass is 32.1. The van der Waals surface area contributed by atoms with Crippen molar-refractivity contribution in [3.8, 4) is 11.3 Å². The van der Waals surface area contributed by atoms with E-state index in [1.54, 1.807) is 24.3 Å². The molecule has 0 aliphatic heterocycles. The van der Waals surface area contributed by atoms with Crippen molar-refractivity contribution in [1.29, 1.82) is 0 Å². The SMILES string of the molecule is O=C(COC(=O)c1cc(-c2ccccc2)nc2ccccc12)Nc1ncc([N+](=O)[O-])s1. The van der Waals surface area contributed by atoms with Gasteiger partial charge in [-0.1, -0.05) is 48.5 Å². The molecule has 0 bridgehead atoms. The molecule has 0 aliphatic rings. The molecular weight excluding hydrogens is 420 g/mol. The first-order chi connectivity index (χ1) is 15.0. The molecule has 154 valence electrons. The summed E-state index contributed by atoms with van der Waals surface area (Å²) in [5.41, 5.74) is 2.34. The van der Waals surface area contributed by atoms with Crippen LogP contribution in [0.15, 0.2) is 66.9 Å². The molecule has 2 aromatic carbocycles. The molecule has 0 atom stereocenters. The summed E-state index contributed by atoms with van der Waals surface area (Å²) in [6.07, 6.45) is 1.04. The highest BCUT2D eigenvalue weighted by molar-refractivity contribution is 7.18. The Kier molecular flexibility index (Phi) is 5.63. The van der Waals surface area contributed by atoms with Crippen molar-refractivity contribution in [2.45, 2.75) is 0 Å². The third-order valence-electron chi connectivity index (χ3n) is 4.26.